The standard InChI is InChI=1S/C26H33F3N4O3Si/c1-35-20-10-17(9-19(27)12-20)14-32-26(34)33-6-5-18-11-21(23(28)13-24(18)33)22(25(29)30)15-31-16-36-7-8-37(2,3)4/h9-13,15,30-31H,5-8,14,16H2,1-4H3,(H,32,34)/b22-15-,30-25?. The van der Waals surface area contributed by atoms with E-state index >= 15 is 4.39 Å². The molecule has 0 saturated heterocycles. The maximum atomic E-state index is 15.1. The molecule has 0 spiro atoms. The minimum atomic E-state index is -1.29. The summed E-state index contributed by atoms with van der Waals surface area (Å²) in [5, 5.41) is 13.0. The molecule has 0 atom stereocenters. The molecule has 0 aromatic heterocycles. The van der Waals surface area contributed by atoms with Gasteiger partial charge in [-0.3, -0.25) is 10.3 Å². The van der Waals surface area contributed by atoms with Crippen LogP contribution in [0.25, 0.3) is 5.57 Å². The number of methoxy groups -OCH3 is 1. The zero-order valence-corrected chi connectivity index (χ0v) is 22.5. The van der Waals surface area contributed by atoms with Crippen LogP contribution in [0.3, 0.4) is 0 Å². The van der Waals surface area contributed by atoms with E-state index in [1.54, 1.807) is 6.07 Å². The van der Waals surface area contributed by atoms with Crippen molar-refractivity contribution in [2.24, 2.45) is 0 Å². The van der Waals surface area contributed by atoms with Crippen molar-refractivity contribution in [1.82, 2.24) is 10.6 Å². The monoisotopic (exact) mass is 534 g/mol. The molecular weight excluding hydrogens is 501 g/mol. The maximum Gasteiger partial charge on any atom is 0.322 e. The van der Waals surface area contributed by atoms with Gasteiger partial charge >= 0.3 is 6.03 Å². The molecule has 1 aliphatic rings. The maximum absolute atomic E-state index is 15.1. The number of ether oxygens (including phenoxy) is 2. The fraction of sp³-hybridized carbons (Fsp3) is 0.385. The molecule has 1 aliphatic heterocycles. The second-order valence-corrected chi connectivity index (χ2v) is 15.6. The molecule has 2 amide bonds. The van der Waals surface area contributed by atoms with E-state index in [0.717, 1.165) is 6.04 Å². The van der Waals surface area contributed by atoms with Gasteiger partial charge in [-0.25, -0.2) is 13.6 Å². The molecule has 0 fully saturated rings. The van der Waals surface area contributed by atoms with Crippen LogP contribution in [-0.2, 0) is 17.7 Å². The Morgan fingerprint density at radius 2 is 1.95 bits per heavy atom. The third-order valence-electron chi connectivity index (χ3n) is 5.87. The van der Waals surface area contributed by atoms with E-state index in [9.17, 15) is 13.6 Å². The number of hydrogen-bond acceptors (Lipinski definition) is 5. The number of fused-ring (bicyclic) bond motifs is 1. The van der Waals surface area contributed by atoms with Gasteiger partial charge in [-0.2, -0.15) is 4.39 Å². The van der Waals surface area contributed by atoms with Gasteiger partial charge in [0.2, 0.25) is 5.97 Å². The Kier molecular flexibility index (Phi) is 9.38. The molecule has 11 heteroatoms. The largest absolute Gasteiger partial charge is 0.497 e. The van der Waals surface area contributed by atoms with E-state index in [0.29, 0.717) is 42.1 Å². The summed E-state index contributed by atoms with van der Waals surface area (Å²) in [5.74, 6) is -2.20. The van der Waals surface area contributed by atoms with Crippen molar-refractivity contribution in [2.45, 2.75) is 38.7 Å². The summed E-state index contributed by atoms with van der Waals surface area (Å²) in [7, 11) is 0.187. The number of carbonyl (C=O) groups excluding carboxylic acids is 1. The lowest BCUT2D eigenvalue weighted by Gasteiger charge is -2.19. The van der Waals surface area contributed by atoms with E-state index in [1.165, 1.54) is 42.5 Å². The third-order valence-corrected chi connectivity index (χ3v) is 7.58. The molecule has 0 saturated carbocycles. The molecule has 200 valence electrons. The lowest BCUT2D eigenvalue weighted by molar-refractivity contribution is 0.138. The summed E-state index contributed by atoms with van der Waals surface area (Å²) >= 11 is 0. The number of carbonyl (C=O) groups is 1. The highest BCUT2D eigenvalue weighted by Crippen LogP contribution is 2.33. The highest BCUT2D eigenvalue weighted by atomic mass is 28.3. The average Bonchev–Trinajstić information content (AvgIpc) is 3.23. The van der Waals surface area contributed by atoms with Crippen molar-refractivity contribution in [2.75, 3.05) is 31.9 Å². The van der Waals surface area contributed by atoms with Crippen LogP contribution in [-0.4, -0.2) is 47.1 Å². The van der Waals surface area contributed by atoms with Crippen LogP contribution in [0.4, 0.5) is 23.7 Å². The van der Waals surface area contributed by atoms with Gasteiger partial charge in [-0.1, -0.05) is 19.6 Å². The normalized spacial score (nSPS) is 13.4. The number of anilines is 1. The lowest BCUT2D eigenvalue weighted by atomic mass is 10.0. The van der Waals surface area contributed by atoms with E-state index in [1.807, 2.05) is 0 Å². The van der Waals surface area contributed by atoms with Gasteiger partial charge in [0.25, 0.3) is 0 Å². The Bertz CT molecular complexity index is 1180. The Hall–Kier alpha value is -3.31. The second kappa shape index (κ2) is 12.3. The van der Waals surface area contributed by atoms with Crippen LogP contribution in [0.2, 0.25) is 25.7 Å². The van der Waals surface area contributed by atoms with Crippen molar-refractivity contribution in [3.8, 4) is 5.75 Å². The van der Waals surface area contributed by atoms with Crippen LogP contribution in [0.1, 0.15) is 16.7 Å². The van der Waals surface area contributed by atoms with Gasteiger partial charge < -0.3 is 20.1 Å². The molecule has 3 rings (SSSR count). The number of amides is 2. The van der Waals surface area contributed by atoms with Gasteiger partial charge in [0.05, 0.1) is 18.4 Å². The van der Waals surface area contributed by atoms with Crippen LogP contribution in [0, 0.1) is 17.0 Å². The number of benzene rings is 2. The van der Waals surface area contributed by atoms with Crippen LogP contribution < -0.4 is 20.3 Å². The topological polar surface area (TPSA) is 86.7 Å². The zero-order valence-electron chi connectivity index (χ0n) is 21.5. The molecule has 2 aromatic rings. The van der Waals surface area contributed by atoms with Gasteiger partial charge in [-0.05, 0) is 47.9 Å². The van der Waals surface area contributed by atoms with Crippen molar-refractivity contribution in [3.05, 3.63) is 64.9 Å². The quantitative estimate of drug-likeness (QED) is 0.155. The molecule has 2 aromatic carbocycles. The molecule has 0 unspecified atom stereocenters. The molecule has 37 heavy (non-hydrogen) atoms. The Labute approximate surface area is 216 Å². The minimum absolute atomic E-state index is 0.0525. The van der Waals surface area contributed by atoms with E-state index < -0.39 is 31.7 Å². The molecule has 7 nitrogen and oxygen atoms in total. The number of halogens is 3. The molecule has 0 bridgehead atoms. The van der Waals surface area contributed by atoms with Crippen LogP contribution >= 0.6 is 0 Å². The van der Waals surface area contributed by atoms with Gasteiger partial charge in [0, 0.05) is 45.6 Å². The number of urea groups is 1. The zero-order chi connectivity index (χ0) is 27.2. The Balaban J connectivity index is 1.68. The highest BCUT2D eigenvalue weighted by Gasteiger charge is 2.27. The smallest absolute Gasteiger partial charge is 0.322 e. The fourth-order valence-corrected chi connectivity index (χ4v) is 4.61. The van der Waals surface area contributed by atoms with Crippen LogP contribution in [0.15, 0.2) is 36.5 Å². The first kappa shape index (κ1) is 28.3. The van der Waals surface area contributed by atoms with Crippen LogP contribution in [0.5, 0.6) is 5.75 Å². The lowest BCUT2D eigenvalue weighted by Crippen LogP contribution is -2.38. The van der Waals surface area contributed by atoms with Crippen molar-refractivity contribution >= 4 is 31.3 Å². The van der Waals surface area contributed by atoms with Gasteiger partial charge in [-0.15, -0.1) is 0 Å². The Morgan fingerprint density at radius 1 is 1.19 bits per heavy atom. The summed E-state index contributed by atoms with van der Waals surface area (Å²) in [5.41, 5.74) is 1.21. The third kappa shape index (κ3) is 7.83. The number of hydrogen-bond donors (Lipinski definition) is 3. The summed E-state index contributed by atoms with van der Waals surface area (Å²) in [4.78, 5) is 14.2. The molecule has 3 N–H and O–H groups in total. The molecular formula is C26H33F3N4O3Si. The molecule has 1 heterocycles. The minimum Gasteiger partial charge on any atom is -0.497 e. The summed E-state index contributed by atoms with van der Waals surface area (Å²) in [6.45, 7) is 7.72. The first-order valence-electron chi connectivity index (χ1n) is 12.0. The van der Waals surface area contributed by atoms with Gasteiger partial charge in [0.1, 0.15) is 24.1 Å². The number of nitrogens with zero attached hydrogens (tertiary/aromatic N) is 1. The molecule has 0 aliphatic carbocycles. The average molecular weight is 535 g/mol. The number of nitrogens with one attached hydrogen (secondary N) is 3. The molecule has 0 radical (unpaired) electrons. The van der Waals surface area contributed by atoms with Gasteiger partial charge in [0.15, 0.2) is 0 Å². The fourth-order valence-electron chi connectivity index (χ4n) is 3.86. The Morgan fingerprint density at radius 3 is 2.62 bits per heavy atom. The summed E-state index contributed by atoms with van der Waals surface area (Å²) < 4.78 is 53.4. The highest BCUT2D eigenvalue weighted by molar-refractivity contribution is 6.76. The van der Waals surface area contributed by atoms with E-state index in [-0.39, 0.29) is 24.4 Å². The van der Waals surface area contributed by atoms with Crippen molar-refractivity contribution in [3.63, 3.8) is 0 Å². The first-order valence-corrected chi connectivity index (χ1v) is 15.7. The number of rotatable bonds is 11. The first-order chi connectivity index (χ1) is 17.5. The predicted octanol–water partition coefficient (Wildman–Crippen LogP) is 5.44. The van der Waals surface area contributed by atoms with Crippen molar-refractivity contribution in [1.29, 1.82) is 5.41 Å². The van der Waals surface area contributed by atoms with E-state index in [2.05, 4.69) is 30.3 Å². The van der Waals surface area contributed by atoms with E-state index in [4.69, 9.17) is 14.9 Å². The summed E-state index contributed by atoms with van der Waals surface area (Å²) in [6, 6.07) is 7.27. The second-order valence-electron chi connectivity index (χ2n) is 9.96. The SMILES string of the molecule is COc1cc(F)cc(CNC(=O)N2CCc3cc(/C(=C/NCOCC[Si](C)(C)C)C(=N)F)c(F)cc32)c1. The summed E-state index contributed by atoms with van der Waals surface area (Å²) in [6.07, 6.45) is 1.66. The number of allylic oxidation sites excluding steroid dienone is 1. The van der Waals surface area contributed by atoms with Crippen molar-refractivity contribution < 1.29 is 27.4 Å². The predicted molar refractivity (Wildman–Crippen MR) is 142 cm³/mol.